The van der Waals surface area contributed by atoms with Gasteiger partial charge in [-0.25, -0.2) is 4.79 Å². The van der Waals surface area contributed by atoms with E-state index >= 15 is 0 Å². The summed E-state index contributed by atoms with van der Waals surface area (Å²) in [5.41, 5.74) is 2.63. The van der Waals surface area contributed by atoms with E-state index in [-0.39, 0.29) is 24.5 Å². The number of nitrogens with one attached hydrogen (secondary N) is 2. The first kappa shape index (κ1) is 15.0. The molecule has 118 valence electrons. The molecule has 5 nitrogen and oxygen atoms in total. The van der Waals surface area contributed by atoms with Crippen LogP contribution >= 0.6 is 0 Å². The van der Waals surface area contributed by atoms with Gasteiger partial charge in [-0.3, -0.25) is 15.0 Å². The topological polar surface area (TPSA) is 61.4 Å². The molecule has 1 aromatic rings. The molecular weight excluding hydrogens is 278 g/mol. The highest BCUT2D eigenvalue weighted by atomic mass is 16.2. The molecule has 1 fully saturated rings. The molecule has 0 aromatic heterocycles. The van der Waals surface area contributed by atoms with Crippen LogP contribution in [0.3, 0.4) is 0 Å². The van der Waals surface area contributed by atoms with Crippen molar-refractivity contribution in [1.82, 2.24) is 15.5 Å². The Labute approximate surface area is 131 Å². The van der Waals surface area contributed by atoms with Crippen molar-refractivity contribution in [2.24, 2.45) is 0 Å². The Balaban J connectivity index is 1.45. The number of hydrogen-bond donors (Lipinski definition) is 2. The first-order chi connectivity index (χ1) is 10.7. The maximum atomic E-state index is 12.0. The zero-order chi connectivity index (χ0) is 15.4. The number of fused-ring (bicyclic) bond motifs is 1. The summed E-state index contributed by atoms with van der Waals surface area (Å²) in [6.45, 7) is 1.90. The Morgan fingerprint density at radius 1 is 1.14 bits per heavy atom. The van der Waals surface area contributed by atoms with Crippen molar-refractivity contribution in [3.8, 4) is 0 Å². The number of carbonyl (C=O) groups excluding carboxylic acids is 2. The summed E-state index contributed by atoms with van der Waals surface area (Å²) in [6.07, 6.45) is 5.31. The average molecular weight is 301 g/mol. The van der Waals surface area contributed by atoms with E-state index in [4.69, 9.17) is 0 Å². The number of nitrogens with zero attached hydrogens (tertiary/aromatic N) is 1. The van der Waals surface area contributed by atoms with Crippen molar-refractivity contribution in [3.05, 3.63) is 35.4 Å². The molecule has 2 N–H and O–H groups in total. The standard InChI is InChI=1S/C17H23N3O2/c21-16(19-17(22)18-15-7-3-4-8-15)12-20-10-9-13-5-1-2-6-14(13)11-20/h1-2,5-6,15H,3-4,7-12H2,(H2,18,19,21,22). The predicted octanol–water partition coefficient (Wildman–Crippen LogP) is 1.81. The molecule has 1 saturated carbocycles. The Morgan fingerprint density at radius 3 is 2.64 bits per heavy atom. The Morgan fingerprint density at radius 2 is 1.86 bits per heavy atom. The van der Waals surface area contributed by atoms with Gasteiger partial charge >= 0.3 is 6.03 Å². The third-order valence-corrected chi connectivity index (χ3v) is 4.52. The fourth-order valence-electron chi connectivity index (χ4n) is 3.35. The largest absolute Gasteiger partial charge is 0.335 e. The Hall–Kier alpha value is -1.88. The van der Waals surface area contributed by atoms with Gasteiger partial charge in [-0.05, 0) is 30.4 Å². The highest BCUT2D eigenvalue weighted by Gasteiger charge is 2.21. The lowest BCUT2D eigenvalue weighted by Gasteiger charge is -2.28. The number of benzene rings is 1. The van der Waals surface area contributed by atoms with Crippen LogP contribution in [0.5, 0.6) is 0 Å². The van der Waals surface area contributed by atoms with Crippen LogP contribution in [0.4, 0.5) is 4.79 Å². The van der Waals surface area contributed by atoms with Crippen LogP contribution in [0.1, 0.15) is 36.8 Å². The van der Waals surface area contributed by atoms with Crippen LogP contribution < -0.4 is 10.6 Å². The van der Waals surface area contributed by atoms with Crippen molar-refractivity contribution in [3.63, 3.8) is 0 Å². The maximum Gasteiger partial charge on any atom is 0.321 e. The van der Waals surface area contributed by atoms with Crippen molar-refractivity contribution in [2.75, 3.05) is 13.1 Å². The molecule has 22 heavy (non-hydrogen) atoms. The zero-order valence-electron chi connectivity index (χ0n) is 12.8. The van der Waals surface area contributed by atoms with Crippen molar-refractivity contribution in [2.45, 2.75) is 44.7 Å². The number of carbonyl (C=O) groups is 2. The second-order valence-corrected chi connectivity index (χ2v) is 6.23. The normalized spacial score (nSPS) is 18.7. The summed E-state index contributed by atoms with van der Waals surface area (Å²) in [5.74, 6) is -0.227. The summed E-state index contributed by atoms with van der Waals surface area (Å²) in [6, 6.07) is 8.20. The van der Waals surface area contributed by atoms with Gasteiger partial charge in [0, 0.05) is 19.1 Å². The minimum atomic E-state index is -0.352. The van der Waals surface area contributed by atoms with E-state index < -0.39 is 0 Å². The number of imide groups is 1. The van der Waals surface area contributed by atoms with Gasteiger partial charge in [-0.1, -0.05) is 37.1 Å². The molecule has 0 unspecified atom stereocenters. The molecule has 1 aliphatic heterocycles. The van der Waals surface area contributed by atoms with Crippen molar-refractivity contribution >= 4 is 11.9 Å². The highest BCUT2D eigenvalue weighted by Crippen LogP contribution is 2.18. The van der Waals surface area contributed by atoms with E-state index in [1.807, 2.05) is 6.07 Å². The average Bonchev–Trinajstić information content (AvgIpc) is 2.99. The molecule has 0 radical (unpaired) electrons. The fourth-order valence-corrected chi connectivity index (χ4v) is 3.35. The van der Waals surface area contributed by atoms with Crippen LogP contribution in [0.25, 0.3) is 0 Å². The summed E-state index contributed by atoms with van der Waals surface area (Å²) < 4.78 is 0. The minimum Gasteiger partial charge on any atom is -0.335 e. The first-order valence-corrected chi connectivity index (χ1v) is 8.10. The van der Waals surface area contributed by atoms with Gasteiger partial charge in [0.15, 0.2) is 0 Å². The molecule has 1 heterocycles. The summed E-state index contributed by atoms with van der Waals surface area (Å²) in [7, 11) is 0. The lowest BCUT2D eigenvalue weighted by Crippen LogP contribution is -2.47. The lowest BCUT2D eigenvalue weighted by atomic mass is 10.00. The van der Waals surface area contributed by atoms with Crippen LogP contribution in [0, 0.1) is 0 Å². The highest BCUT2D eigenvalue weighted by molar-refractivity contribution is 5.95. The van der Waals surface area contributed by atoms with Crippen LogP contribution in [0.15, 0.2) is 24.3 Å². The molecule has 5 heteroatoms. The summed E-state index contributed by atoms with van der Waals surface area (Å²) >= 11 is 0. The van der Waals surface area contributed by atoms with Crippen molar-refractivity contribution in [1.29, 1.82) is 0 Å². The van der Waals surface area contributed by atoms with Crippen LogP contribution in [-0.2, 0) is 17.8 Å². The fraction of sp³-hybridized carbons (Fsp3) is 0.529. The molecule has 1 aliphatic carbocycles. The molecule has 3 amide bonds. The molecule has 0 saturated heterocycles. The number of hydrogen-bond acceptors (Lipinski definition) is 3. The molecule has 3 rings (SSSR count). The predicted molar refractivity (Wildman–Crippen MR) is 84.4 cm³/mol. The number of rotatable bonds is 3. The van der Waals surface area contributed by atoms with Crippen molar-refractivity contribution < 1.29 is 9.59 Å². The van der Waals surface area contributed by atoms with Gasteiger partial charge in [-0.15, -0.1) is 0 Å². The van der Waals surface area contributed by atoms with E-state index in [9.17, 15) is 9.59 Å². The molecule has 2 aliphatic rings. The van der Waals surface area contributed by atoms with E-state index in [1.165, 1.54) is 11.1 Å². The molecular formula is C17H23N3O2. The third kappa shape index (κ3) is 3.85. The second-order valence-electron chi connectivity index (χ2n) is 6.23. The minimum absolute atomic E-state index is 0.227. The van der Waals surface area contributed by atoms with Gasteiger partial charge in [-0.2, -0.15) is 0 Å². The van der Waals surface area contributed by atoms with E-state index in [0.717, 1.165) is 45.2 Å². The SMILES string of the molecule is O=C(CN1CCc2ccccc2C1)NC(=O)NC1CCCC1. The first-order valence-electron chi connectivity index (χ1n) is 8.10. The van der Waals surface area contributed by atoms with Gasteiger partial charge in [0.1, 0.15) is 0 Å². The van der Waals surface area contributed by atoms with Gasteiger partial charge < -0.3 is 5.32 Å². The molecule has 0 spiro atoms. The van der Waals surface area contributed by atoms with E-state index in [2.05, 4.69) is 33.7 Å². The van der Waals surface area contributed by atoms with E-state index in [0.29, 0.717) is 0 Å². The smallest absolute Gasteiger partial charge is 0.321 e. The Kier molecular flexibility index (Phi) is 4.73. The number of urea groups is 1. The van der Waals surface area contributed by atoms with Gasteiger partial charge in [0.05, 0.1) is 6.54 Å². The molecule has 1 aromatic carbocycles. The quantitative estimate of drug-likeness (QED) is 0.895. The van der Waals surface area contributed by atoms with Crippen LogP contribution in [-0.4, -0.2) is 36.0 Å². The van der Waals surface area contributed by atoms with Gasteiger partial charge in [0.25, 0.3) is 0 Å². The lowest BCUT2D eigenvalue weighted by molar-refractivity contribution is -0.121. The Bertz CT molecular complexity index is 553. The zero-order valence-corrected chi connectivity index (χ0v) is 12.8. The van der Waals surface area contributed by atoms with Gasteiger partial charge in [0.2, 0.25) is 5.91 Å². The number of amides is 3. The van der Waals surface area contributed by atoms with E-state index in [1.54, 1.807) is 0 Å². The molecule has 0 atom stereocenters. The third-order valence-electron chi connectivity index (χ3n) is 4.52. The summed E-state index contributed by atoms with van der Waals surface area (Å²) in [4.78, 5) is 25.9. The summed E-state index contributed by atoms with van der Waals surface area (Å²) in [5, 5.41) is 5.32. The van der Waals surface area contributed by atoms with Crippen LogP contribution in [0.2, 0.25) is 0 Å². The maximum absolute atomic E-state index is 12.0. The molecule has 0 bridgehead atoms. The second kappa shape index (κ2) is 6.92. The monoisotopic (exact) mass is 301 g/mol.